The van der Waals surface area contributed by atoms with Crippen LogP contribution in [0, 0.1) is 0 Å². The summed E-state index contributed by atoms with van der Waals surface area (Å²) < 4.78 is 1.82. The van der Waals surface area contributed by atoms with Gasteiger partial charge in [-0.2, -0.15) is 5.10 Å². The van der Waals surface area contributed by atoms with Crippen LogP contribution in [0.5, 0.6) is 0 Å². The highest BCUT2D eigenvalue weighted by Crippen LogP contribution is 2.20. The highest BCUT2D eigenvalue weighted by molar-refractivity contribution is 5.97. The number of rotatable bonds is 7. The highest BCUT2D eigenvalue weighted by atomic mass is 16.4. The lowest BCUT2D eigenvalue weighted by Crippen LogP contribution is -2.41. The molecule has 0 bridgehead atoms. The fourth-order valence-electron chi connectivity index (χ4n) is 2.38. The van der Waals surface area contributed by atoms with Crippen LogP contribution in [0.4, 0.5) is 0 Å². The topological polar surface area (TPSA) is 84.2 Å². The Balaban J connectivity index is 2.98. The first-order chi connectivity index (χ1) is 10.2. The molecule has 0 aliphatic rings. The Morgan fingerprint density at radius 3 is 2.45 bits per heavy atom. The fourth-order valence-corrected chi connectivity index (χ4v) is 2.38. The number of unbranched alkanes of at least 4 members (excludes halogenated alkanes) is 1. The maximum absolute atomic E-state index is 12.4. The van der Waals surface area contributed by atoms with Gasteiger partial charge in [-0.3, -0.25) is 9.48 Å². The van der Waals surface area contributed by atoms with E-state index in [4.69, 9.17) is 0 Å². The van der Waals surface area contributed by atoms with Crippen molar-refractivity contribution >= 4 is 11.9 Å². The van der Waals surface area contributed by atoms with Crippen LogP contribution >= 0.6 is 0 Å². The summed E-state index contributed by atoms with van der Waals surface area (Å²) in [6, 6.07) is -0.852. The Hall–Kier alpha value is -1.85. The van der Waals surface area contributed by atoms with Gasteiger partial charge >= 0.3 is 5.97 Å². The minimum Gasteiger partial charge on any atom is -0.480 e. The van der Waals surface area contributed by atoms with E-state index in [1.54, 1.807) is 0 Å². The summed E-state index contributed by atoms with van der Waals surface area (Å²) in [7, 11) is 0. The number of nitrogens with zero attached hydrogens (tertiary/aromatic N) is 2. The Kier molecular flexibility index (Phi) is 6.14. The van der Waals surface area contributed by atoms with E-state index >= 15 is 0 Å². The van der Waals surface area contributed by atoms with Crippen molar-refractivity contribution in [1.82, 2.24) is 15.1 Å². The summed E-state index contributed by atoms with van der Waals surface area (Å²) in [6.45, 7) is 10.00. The van der Waals surface area contributed by atoms with Gasteiger partial charge in [0.15, 0.2) is 0 Å². The van der Waals surface area contributed by atoms with E-state index < -0.39 is 12.0 Å². The second-order valence-electron chi connectivity index (χ2n) is 6.45. The minimum atomic E-state index is -0.997. The van der Waals surface area contributed by atoms with Crippen molar-refractivity contribution in [2.45, 2.75) is 71.9 Å². The lowest BCUT2D eigenvalue weighted by molar-refractivity contribution is -0.139. The molecule has 1 aromatic heterocycles. The molecule has 2 N–H and O–H groups in total. The van der Waals surface area contributed by atoms with Crippen LogP contribution < -0.4 is 5.32 Å². The van der Waals surface area contributed by atoms with Gasteiger partial charge in [-0.15, -0.1) is 0 Å². The van der Waals surface area contributed by atoms with Crippen molar-refractivity contribution < 1.29 is 14.7 Å². The molecular formula is C16H27N3O3. The van der Waals surface area contributed by atoms with Gasteiger partial charge in [0.2, 0.25) is 0 Å². The van der Waals surface area contributed by atoms with Crippen LogP contribution in [-0.2, 0) is 16.8 Å². The molecule has 0 spiro atoms. The van der Waals surface area contributed by atoms with Gasteiger partial charge in [0, 0.05) is 0 Å². The van der Waals surface area contributed by atoms with E-state index in [2.05, 4.69) is 10.4 Å². The van der Waals surface area contributed by atoms with Crippen molar-refractivity contribution in [3.8, 4) is 0 Å². The van der Waals surface area contributed by atoms with E-state index in [0.29, 0.717) is 18.4 Å². The number of hydrogen-bond acceptors (Lipinski definition) is 3. The second-order valence-corrected chi connectivity index (χ2v) is 6.45. The Morgan fingerprint density at radius 2 is 2.00 bits per heavy atom. The third kappa shape index (κ3) is 4.32. The minimum absolute atomic E-state index is 0.224. The molecule has 0 aliphatic heterocycles. The zero-order chi connectivity index (χ0) is 16.9. The molecular weight excluding hydrogens is 282 g/mol. The molecule has 6 heteroatoms. The van der Waals surface area contributed by atoms with Crippen LogP contribution in [0.15, 0.2) is 6.20 Å². The maximum Gasteiger partial charge on any atom is 0.326 e. The number of hydrogen-bond donors (Lipinski definition) is 2. The molecule has 1 rings (SSSR count). The van der Waals surface area contributed by atoms with Crippen molar-refractivity contribution in [3.05, 3.63) is 17.5 Å². The van der Waals surface area contributed by atoms with E-state index in [9.17, 15) is 14.7 Å². The Labute approximate surface area is 131 Å². The van der Waals surface area contributed by atoms with Gasteiger partial charge in [0.1, 0.15) is 6.04 Å². The second kappa shape index (κ2) is 7.42. The molecule has 1 unspecified atom stereocenters. The molecule has 1 atom stereocenters. The number of aliphatic carboxylic acids is 1. The number of carboxylic acids is 1. The van der Waals surface area contributed by atoms with Gasteiger partial charge < -0.3 is 10.4 Å². The number of carboxylic acid groups (broad SMARTS) is 1. The number of carbonyl (C=O) groups is 2. The van der Waals surface area contributed by atoms with Crippen molar-refractivity contribution in [1.29, 1.82) is 0 Å². The maximum atomic E-state index is 12.4. The summed E-state index contributed by atoms with van der Waals surface area (Å²) >= 11 is 0. The summed E-state index contributed by atoms with van der Waals surface area (Å²) in [5.74, 6) is -1.36. The van der Waals surface area contributed by atoms with Crippen molar-refractivity contribution in [2.24, 2.45) is 0 Å². The van der Waals surface area contributed by atoms with Crippen molar-refractivity contribution in [3.63, 3.8) is 0 Å². The predicted molar refractivity (Wildman–Crippen MR) is 85.0 cm³/mol. The molecule has 0 aromatic carbocycles. The summed E-state index contributed by atoms with van der Waals surface area (Å²) in [5.41, 5.74) is 1.06. The SMILES string of the molecule is CCCCC(NC(=O)c1cnn(C(C)(C)C)c1CC)C(=O)O. The smallest absolute Gasteiger partial charge is 0.326 e. The zero-order valence-electron chi connectivity index (χ0n) is 14.1. The standard InChI is InChI=1S/C16H27N3O3/c1-6-8-9-12(15(21)22)18-14(20)11-10-17-19(13(11)7-2)16(3,4)5/h10,12H,6-9H2,1-5H3,(H,18,20)(H,21,22). The quantitative estimate of drug-likeness (QED) is 0.810. The number of nitrogens with one attached hydrogen (secondary N) is 1. The Morgan fingerprint density at radius 1 is 1.36 bits per heavy atom. The third-order valence-electron chi connectivity index (χ3n) is 3.53. The molecule has 22 heavy (non-hydrogen) atoms. The van der Waals surface area contributed by atoms with E-state index in [1.807, 2.05) is 39.3 Å². The largest absolute Gasteiger partial charge is 0.480 e. The van der Waals surface area contributed by atoms with E-state index in [1.165, 1.54) is 6.20 Å². The lowest BCUT2D eigenvalue weighted by Gasteiger charge is -2.22. The molecule has 6 nitrogen and oxygen atoms in total. The fraction of sp³-hybridized carbons (Fsp3) is 0.688. The first-order valence-electron chi connectivity index (χ1n) is 7.83. The Bertz CT molecular complexity index is 529. The van der Waals surface area contributed by atoms with Gasteiger partial charge in [-0.1, -0.05) is 26.7 Å². The van der Waals surface area contributed by atoms with Crippen LogP contribution in [0.2, 0.25) is 0 Å². The van der Waals surface area contributed by atoms with Gasteiger partial charge in [-0.05, 0) is 33.6 Å². The molecule has 1 aromatic rings. The third-order valence-corrected chi connectivity index (χ3v) is 3.53. The van der Waals surface area contributed by atoms with E-state index in [0.717, 1.165) is 18.5 Å². The van der Waals surface area contributed by atoms with Gasteiger partial charge in [0.25, 0.3) is 5.91 Å². The number of amides is 1. The van der Waals surface area contributed by atoms with Crippen LogP contribution in [0.1, 0.15) is 69.9 Å². The number of carbonyl (C=O) groups excluding carboxylic acids is 1. The zero-order valence-corrected chi connectivity index (χ0v) is 14.1. The average molecular weight is 309 g/mol. The van der Waals surface area contributed by atoms with E-state index in [-0.39, 0.29) is 11.4 Å². The normalized spacial score (nSPS) is 13.0. The molecule has 0 aliphatic carbocycles. The molecule has 1 heterocycles. The van der Waals surface area contributed by atoms with Crippen molar-refractivity contribution in [2.75, 3.05) is 0 Å². The first kappa shape index (κ1) is 18.2. The molecule has 0 fully saturated rings. The monoisotopic (exact) mass is 309 g/mol. The van der Waals surface area contributed by atoms with Crippen LogP contribution in [0.25, 0.3) is 0 Å². The highest BCUT2D eigenvalue weighted by Gasteiger charge is 2.26. The number of aromatic nitrogens is 2. The molecule has 1 amide bonds. The predicted octanol–water partition coefficient (Wildman–Crippen LogP) is 2.57. The molecule has 0 radical (unpaired) electrons. The van der Waals surface area contributed by atoms with Gasteiger partial charge in [0.05, 0.1) is 23.0 Å². The van der Waals surface area contributed by atoms with Crippen LogP contribution in [-0.4, -0.2) is 32.8 Å². The summed E-state index contributed by atoms with van der Waals surface area (Å²) in [4.78, 5) is 23.7. The van der Waals surface area contributed by atoms with Gasteiger partial charge in [-0.25, -0.2) is 4.79 Å². The molecule has 0 saturated carbocycles. The summed E-state index contributed by atoms with van der Waals surface area (Å²) in [6.07, 6.45) is 4.28. The van der Waals surface area contributed by atoms with Crippen LogP contribution in [0.3, 0.4) is 0 Å². The average Bonchev–Trinajstić information content (AvgIpc) is 2.86. The summed E-state index contributed by atoms with van der Waals surface area (Å²) in [5, 5.41) is 16.1. The first-order valence-corrected chi connectivity index (χ1v) is 7.83. The lowest BCUT2D eigenvalue weighted by atomic mass is 10.1. The molecule has 0 saturated heterocycles. The molecule has 124 valence electrons.